The largest absolute Gasteiger partial charge is 0.484 e. The van der Waals surface area contributed by atoms with E-state index in [1.165, 1.54) is 19.1 Å². The minimum absolute atomic E-state index is 0.0578. The summed E-state index contributed by atoms with van der Waals surface area (Å²) in [5.41, 5.74) is 0.548. The molecule has 2 rings (SSSR count). The van der Waals surface area contributed by atoms with Crippen molar-refractivity contribution in [1.29, 1.82) is 0 Å². The molecule has 0 aliphatic heterocycles. The van der Waals surface area contributed by atoms with Crippen molar-refractivity contribution in [2.24, 2.45) is 0 Å². The molecule has 0 radical (unpaired) electrons. The maximum atomic E-state index is 12.5. The molecule has 0 unspecified atom stereocenters. The molecule has 0 aromatic heterocycles. The number of benzene rings is 2. The van der Waals surface area contributed by atoms with Gasteiger partial charge in [-0.1, -0.05) is 12.1 Å². The summed E-state index contributed by atoms with van der Waals surface area (Å²) in [6.45, 7) is 1.56. The number of rotatable bonds is 7. The summed E-state index contributed by atoms with van der Waals surface area (Å²) in [6, 6.07) is 11.2. The fourth-order valence-corrected chi connectivity index (χ4v) is 2.19. The zero-order valence-electron chi connectivity index (χ0n) is 14.1. The van der Waals surface area contributed by atoms with Crippen molar-refractivity contribution in [3.8, 4) is 5.75 Å². The SMILES string of the molecule is CC(=O)c1ccc(OCC(=O)NCCc2ccc(C(F)(F)F)cc2)cc1. The minimum atomic E-state index is -4.35. The van der Waals surface area contributed by atoms with Gasteiger partial charge in [0.15, 0.2) is 12.4 Å². The number of Topliss-reactive ketones (excluding diaryl/α,β-unsaturated/α-hetero) is 1. The number of amides is 1. The predicted octanol–water partition coefficient (Wildman–Crippen LogP) is 3.65. The van der Waals surface area contributed by atoms with Gasteiger partial charge in [0.1, 0.15) is 5.75 Å². The average Bonchev–Trinajstić information content (AvgIpc) is 2.60. The lowest BCUT2D eigenvalue weighted by molar-refractivity contribution is -0.137. The number of nitrogens with one attached hydrogen (secondary N) is 1. The van der Waals surface area contributed by atoms with Crippen LogP contribution >= 0.6 is 0 Å². The van der Waals surface area contributed by atoms with E-state index in [-0.39, 0.29) is 24.8 Å². The first-order valence-corrected chi connectivity index (χ1v) is 7.92. The van der Waals surface area contributed by atoms with Crippen LogP contribution in [0.5, 0.6) is 5.75 Å². The molecule has 1 N–H and O–H groups in total. The van der Waals surface area contributed by atoms with Gasteiger partial charge in [-0.05, 0) is 55.3 Å². The monoisotopic (exact) mass is 365 g/mol. The number of carbonyl (C=O) groups excluding carboxylic acids is 2. The molecule has 0 saturated heterocycles. The lowest BCUT2D eigenvalue weighted by Crippen LogP contribution is -2.30. The Morgan fingerprint density at radius 3 is 2.15 bits per heavy atom. The van der Waals surface area contributed by atoms with Crippen molar-refractivity contribution in [3.05, 3.63) is 65.2 Å². The van der Waals surface area contributed by atoms with E-state index in [1.54, 1.807) is 24.3 Å². The van der Waals surface area contributed by atoms with Gasteiger partial charge >= 0.3 is 6.18 Å². The van der Waals surface area contributed by atoms with E-state index >= 15 is 0 Å². The summed E-state index contributed by atoms with van der Waals surface area (Å²) in [5.74, 6) is 0.0676. The van der Waals surface area contributed by atoms with Gasteiger partial charge in [0.05, 0.1) is 5.56 Å². The summed E-state index contributed by atoms with van der Waals surface area (Å²) in [5, 5.41) is 2.64. The van der Waals surface area contributed by atoms with Crippen LogP contribution in [0.25, 0.3) is 0 Å². The van der Waals surface area contributed by atoms with Crippen LogP contribution in [-0.2, 0) is 17.4 Å². The van der Waals surface area contributed by atoms with E-state index in [2.05, 4.69) is 5.32 Å². The molecule has 7 heteroatoms. The first kappa shape index (κ1) is 19.5. The van der Waals surface area contributed by atoms with Gasteiger partial charge in [-0.25, -0.2) is 0 Å². The Morgan fingerprint density at radius 1 is 1.00 bits per heavy atom. The molecule has 2 aromatic rings. The number of hydrogen-bond donors (Lipinski definition) is 1. The Hall–Kier alpha value is -2.83. The quantitative estimate of drug-likeness (QED) is 0.762. The van der Waals surface area contributed by atoms with Crippen LogP contribution in [0.3, 0.4) is 0 Å². The van der Waals surface area contributed by atoms with Crippen LogP contribution in [-0.4, -0.2) is 24.8 Å². The number of carbonyl (C=O) groups is 2. The molecule has 26 heavy (non-hydrogen) atoms. The smallest absolute Gasteiger partial charge is 0.416 e. The molecule has 4 nitrogen and oxygen atoms in total. The summed E-state index contributed by atoms with van der Waals surface area (Å²) >= 11 is 0. The summed E-state index contributed by atoms with van der Waals surface area (Å²) in [7, 11) is 0. The Bertz CT molecular complexity index is 753. The molecular formula is C19H18F3NO3. The molecule has 0 spiro atoms. The predicted molar refractivity (Wildman–Crippen MR) is 90.1 cm³/mol. The third-order valence-electron chi connectivity index (χ3n) is 3.65. The van der Waals surface area contributed by atoms with Gasteiger partial charge in [-0.15, -0.1) is 0 Å². The van der Waals surface area contributed by atoms with Crippen molar-refractivity contribution in [2.45, 2.75) is 19.5 Å². The average molecular weight is 365 g/mol. The second-order valence-electron chi connectivity index (χ2n) is 5.66. The fourth-order valence-electron chi connectivity index (χ4n) is 2.19. The van der Waals surface area contributed by atoms with Crippen molar-refractivity contribution in [2.75, 3.05) is 13.2 Å². The molecule has 0 aliphatic rings. The third-order valence-corrected chi connectivity index (χ3v) is 3.65. The van der Waals surface area contributed by atoms with Gasteiger partial charge in [0.25, 0.3) is 5.91 Å². The second kappa shape index (κ2) is 8.51. The van der Waals surface area contributed by atoms with Crippen LogP contribution in [0.2, 0.25) is 0 Å². The lowest BCUT2D eigenvalue weighted by Gasteiger charge is -2.09. The highest BCUT2D eigenvalue weighted by atomic mass is 19.4. The number of halogens is 3. The van der Waals surface area contributed by atoms with E-state index in [0.29, 0.717) is 23.3 Å². The van der Waals surface area contributed by atoms with Crippen LogP contribution in [0, 0.1) is 0 Å². The Labute approximate surface area is 149 Å². The highest BCUT2D eigenvalue weighted by molar-refractivity contribution is 5.94. The van der Waals surface area contributed by atoms with Gasteiger partial charge in [0, 0.05) is 12.1 Å². The molecule has 138 valence electrons. The van der Waals surface area contributed by atoms with E-state index < -0.39 is 11.7 Å². The van der Waals surface area contributed by atoms with Gasteiger partial charge < -0.3 is 10.1 Å². The van der Waals surface area contributed by atoms with Crippen molar-refractivity contribution >= 4 is 11.7 Å². The van der Waals surface area contributed by atoms with Crippen LogP contribution in [0.1, 0.15) is 28.4 Å². The molecule has 0 fully saturated rings. The van der Waals surface area contributed by atoms with Gasteiger partial charge in [-0.2, -0.15) is 13.2 Å². The number of alkyl halides is 3. The number of hydrogen-bond acceptors (Lipinski definition) is 3. The molecule has 0 atom stereocenters. The standard InChI is InChI=1S/C19H18F3NO3/c1-13(24)15-4-8-17(9-5-15)26-12-18(25)23-11-10-14-2-6-16(7-3-14)19(20,21)22/h2-9H,10-12H2,1H3,(H,23,25). The van der Waals surface area contributed by atoms with Gasteiger partial charge in [-0.3, -0.25) is 9.59 Å². The molecule has 1 amide bonds. The highest BCUT2D eigenvalue weighted by Crippen LogP contribution is 2.29. The molecule has 0 saturated carbocycles. The molecule has 0 aliphatic carbocycles. The van der Waals surface area contributed by atoms with Gasteiger partial charge in [0.2, 0.25) is 0 Å². The van der Waals surface area contributed by atoms with E-state index in [9.17, 15) is 22.8 Å². The maximum absolute atomic E-state index is 12.5. The maximum Gasteiger partial charge on any atom is 0.416 e. The fraction of sp³-hybridized carbons (Fsp3) is 0.263. The number of ether oxygens (including phenoxy) is 1. The number of ketones is 1. The molecular weight excluding hydrogens is 347 g/mol. The second-order valence-corrected chi connectivity index (χ2v) is 5.66. The highest BCUT2D eigenvalue weighted by Gasteiger charge is 2.29. The zero-order chi connectivity index (χ0) is 19.2. The Kier molecular flexibility index (Phi) is 6.38. The van der Waals surface area contributed by atoms with E-state index in [0.717, 1.165) is 12.1 Å². The van der Waals surface area contributed by atoms with E-state index in [4.69, 9.17) is 4.74 Å². The molecule has 0 bridgehead atoms. The molecule has 2 aromatic carbocycles. The van der Waals surface area contributed by atoms with Crippen molar-refractivity contribution in [3.63, 3.8) is 0 Å². The third kappa shape index (κ3) is 5.91. The van der Waals surface area contributed by atoms with Crippen LogP contribution in [0.15, 0.2) is 48.5 Å². The van der Waals surface area contributed by atoms with Crippen molar-refractivity contribution in [1.82, 2.24) is 5.32 Å². The first-order valence-electron chi connectivity index (χ1n) is 7.92. The van der Waals surface area contributed by atoms with Crippen LogP contribution in [0.4, 0.5) is 13.2 Å². The Morgan fingerprint density at radius 2 is 1.62 bits per heavy atom. The van der Waals surface area contributed by atoms with Crippen LogP contribution < -0.4 is 10.1 Å². The van der Waals surface area contributed by atoms with Crippen molar-refractivity contribution < 1.29 is 27.5 Å². The minimum Gasteiger partial charge on any atom is -0.484 e. The summed E-state index contributed by atoms with van der Waals surface area (Å²) < 4.78 is 42.7. The summed E-state index contributed by atoms with van der Waals surface area (Å²) in [4.78, 5) is 22.9. The normalized spacial score (nSPS) is 11.1. The molecule has 0 heterocycles. The Balaban J connectivity index is 1.72. The lowest BCUT2D eigenvalue weighted by atomic mass is 10.1. The van der Waals surface area contributed by atoms with E-state index in [1.807, 2.05) is 0 Å². The summed E-state index contributed by atoms with van der Waals surface area (Å²) in [6.07, 6.45) is -3.94. The topological polar surface area (TPSA) is 55.4 Å². The first-order chi connectivity index (χ1) is 12.3. The zero-order valence-corrected chi connectivity index (χ0v) is 14.1.